The van der Waals surface area contributed by atoms with Gasteiger partial charge in [0.1, 0.15) is 7.85 Å². The summed E-state index contributed by atoms with van der Waals surface area (Å²) in [6, 6.07) is -0.820. The van der Waals surface area contributed by atoms with Crippen LogP contribution in [0.5, 0.6) is 0 Å². The highest BCUT2D eigenvalue weighted by Gasteiger charge is 2.50. The third-order valence-electron chi connectivity index (χ3n) is 2.55. The normalized spacial score (nSPS) is 48.2. The number of rotatable bonds is 2. The van der Waals surface area contributed by atoms with Gasteiger partial charge < -0.3 is 20.1 Å². The molecule has 1 fully saturated rings. The molecule has 12 heavy (non-hydrogen) atoms. The smallest absolute Gasteiger partial charge is 0.112 e. The molecule has 1 heterocycles. The van der Waals surface area contributed by atoms with Gasteiger partial charge in [0.2, 0.25) is 0 Å². The van der Waals surface area contributed by atoms with Gasteiger partial charge in [0.15, 0.2) is 0 Å². The third-order valence-corrected chi connectivity index (χ3v) is 2.55. The number of aliphatic hydroxyl groups excluding tert-OH is 3. The number of aliphatic hydroxyl groups is 3. The highest BCUT2D eigenvalue weighted by atomic mass is 16.5. The minimum absolute atomic E-state index is 0.248. The van der Waals surface area contributed by atoms with Gasteiger partial charge in [-0.15, -0.1) is 0 Å². The van der Waals surface area contributed by atoms with Gasteiger partial charge in [-0.3, -0.25) is 0 Å². The first-order valence-corrected chi connectivity index (χ1v) is 3.87. The van der Waals surface area contributed by atoms with Crippen molar-refractivity contribution < 1.29 is 20.1 Å². The molecular formula is C7H13BO4. The van der Waals surface area contributed by atoms with Crippen LogP contribution < -0.4 is 0 Å². The second-order valence-electron chi connectivity index (χ2n) is 3.38. The SMILES string of the molecule is [B][C@H]1OC(CO)[C@@](C)(CO)C1O. The van der Waals surface area contributed by atoms with E-state index in [2.05, 4.69) is 0 Å². The molecule has 0 saturated carbocycles. The van der Waals surface area contributed by atoms with Gasteiger partial charge in [0.05, 0.1) is 25.4 Å². The molecule has 0 aromatic heterocycles. The minimum Gasteiger partial charge on any atom is -0.396 e. The molecule has 0 aliphatic carbocycles. The predicted molar refractivity (Wildman–Crippen MR) is 42.7 cm³/mol. The van der Waals surface area contributed by atoms with E-state index < -0.39 is 23.6 Å². The second-order valence-corrected chi connectivity index (χ2v) is 3.38. The molecule has 0 aromatic carbocycles. The van der Waals surface area contributed by atoms with E-state index in [0.717, 1.165) is 0 Å². The quantitative estimate of drug-likeness (QED) is 0.431. The van der Waals surface area contributed by atoms with Crippen molar-refractivity contribution in [1.82, 2.24) is 0 Å². The maximum atomic E-state index is 9.50. The van der Waals surface area contributed by atoms with Crippen molar-refractivity contribution >= 4 is 7.85 Å². The molecule has 4 nitrogen and oxygen atoms in total. The van der Waals surface area contributed by atoms with E-state index in [1.807, 2.05) is 0 Å². The average Bonchev–Trinajstić information content (AvgIpc) is 2.30. The molecule has 2 radical (unpaired) electrons. The molecule has 2 unspecified atom stereocenters. The Hall–Kier alpha value is -0.0951. The Balaban J connectivity index is 2.80. The van der Waals surface area contributed by atoms with Gasteiger partial charge >= 0.3 is 0 Å². The van der Waals surface area contributed by atoms with Gasteiger partial charge in [0, 0.05) is 11.4 Å². The second kappa shape index (κ2) is 3.34. The van der Waals surface area contributed by atoms with E-state index in [1.54, 1.807) is 6.92 Å². The van der Waals surface area contributed by atoms with Crippen LogP contribution >= 0.6 is 0 Å². The molecule has 5 heteroatoms. The monoisotopic (exact) mass is 172 g/mol. The van der Waals surface area contributed by atoms with Crippen LogP contribution in [0.4, 0.5) is 0 Å². The van der Waals surface area contributed by atoms with E-state index in [1.165, 1.54) is 0 Å². The fraction of sp³-hybridized carbons (Fsp3) is 1.00. The molecule has 1 aliphatic rings. The Morgan fingerprint density at radius 2 is 2.08 bits per heavy atom. The Morgan fingerprint density at radius 3 is 2.42 bits per heavy atom. The largest absolute Gasteiger partial charge is 0.396 e. The first-order chi connectivity index (χ1) is 5.56. The molecule has 1 saturated heterocycles. The minimum atomic E-state index is -0.931. The summed E-state index contributed by atoms with van der Waals surface area (Å²) in [7, 11) is 5.40. The van der Waals surface area contributed by atoms with Gasteiger partial charge in [-0.1, -0.05) is 6.92 Å². The van der Waals surface area contributed by atoms with Crippen LogP contribution in [0, 0.1) is 5.41 Å². The molecule has 0 aromatic rings. The Labute approximate surface area is 72.6 Å². The molecule has 4 atom stereocenters. The van der Waals surface area contributed by atoms with Gasteiger partial charge in [-0.05, 0) is 0 Å². The van der Waals surface area contributed by atoms with Crippen molar-refractivity contribution in [1.29, 1.82) is 0 Å². The summed E-state index contributed by atoms with van der Waals surface area (Å²) in [6.07, 6.45) is -1.52. The van der Waals surface area contributed by atoms with Crippen LogP contribution in [0.2, 0.25) is 0 Å². The van der Waals surface area contributed by atoms with E-state index in [9.17, 15) is 5.11 Å². The highest BCUT2D eigenvalue weighted by molar-refractivity contribution is 6.11. The third kappa shape index (κ3) is 1.27. The lowest BCUT2D eigenvalue weighted by atomic mass is 9.76. The average molecular weight is 172 g/mol. The first kappa shape index (κ1) is 9.99. The lowest BCUT2D eigenvalue weighted by Crippen LogP contribution is -2.43. The first-order valence-electron chi connectivity index (χ1n) is 3.87. The molecule has 0 bridgehead atoms. The van der Waals surface area contributed by atoms with E-state index >= 15 is 0 Å². The zero-order valence-electron chi connectivity index (χ0n) is 6.97. The maximum Gasteiger partial charge on any atom is 0.112 e. The molecule has 1 aliphatic heterocycles. The summed E-state index contributed by atoms with van der Waals surface area (Å²) in [6.45, 7) is 1.13. The fourth-order valence-electron chi connectivity index (χ4n) is 1.43. The lowest BCUT2D eigenvalue weighted by molar-refractivity contribution is -0.0300. The molecule has 0 amide bonds. The topological polar surface area (TPSA) is 69.9 Å². The van der Waals surface area contributed by atoms with Crippen LogP contribution in [-0.4, -0.2) is 54.6 Å². The summed E-state index contributed by atoms with van der Waals surface area (Å²) in [5.74, 6) is 0. The molecule has 3 N–H and O–H groups in total. The summed E-state index contributed by atoms with van der Waals surface area (Å²) in [5.41, 5.74) is -0.853. The number of hydrogen-bond acceptors (Lipinski definition) is 4. The summed E-state index contributed by atoms with van der Waals surface area (Å²) < 4.78 is 5.05. The van der Waals surface area contributed by atoms with Crippen LogP contribution in [-0.2, 0) is 4.74 Å². The van der Waals surface area contributed by atoms with Crippen molar-refractivity contribution in [2.45, 2.75) is 25.1 Å². The summed E-state index contributed by atoms with van der Waals surface area (Å²) in [5, 5.41) is 27.4. The van der Waals surface area contributed by atoms with Crippen LogP contribution in [0.3, 0.4) is 0 Å². The van der Waals surface area contributed by atoms with Gasteiger partial charge in [-0.2, -0.15) is 0 Å². The van der Waals surface area contributed by atoms with Crippen molar-refractivity contribution in [3.63, 3.8) is 0 Å². The van der Waals surface area contributed by atoms with Crippen molar-refractivity contribution in [3.8, 4) is 0 Å². The lowest BCUT2D eigenvalue weighted by Gasteiger charge is -2.29. The van der Waals surface area contributed by atoms with Crippen molar-refractivity contribution in [2.75, 3.05) is 13.2 Å². The van der Waals surface area contributed by atoms with E-state index in [0.29, 0.717) is 0 Å². The van der Waals surface area contributed by atoms with Crippen LogP contribution in [0.25, 0.3) is 0 Å². The Bertz CT molecular complexity index is 165. The molecule has 0 spiro atoms. The van der Waals surface area contributed by atoms with Gasteiger partial charge in [0.25, 0.3) is 0 Å². The van der Waals surface area contributed by atoms with E-state index in [-0.39, 0.29) is 13.2 Å². The summed E-state index contributed by atoms with van der Waals surface area (Å²) in [4.78, 5) is 0. The van der Waals surface area contributed by atoms with Gasteiger partial charge in [-0.25, -0.2) is 0 Å². The Kier molecular flexibility index (Phi) is 2.78. The maximum absolute atomic E-state index is 9.50. The number of ether oxygens (including phenoxy) is 1. The number of hydrogen-bond donors (Lipinski definition) is 3. The van der Waals surface area contributed by atoms with Crippen LogP contribution in [0.15, 0.2) is 0 Å². The zero-order chi connectivity index (χ0) is 9.35. The highest BCUT2D eigenvalue weighted by Crippen LogP contribution is 2.36. The Morgan fingerprint density at radius 1 is 1.50 bits per heavy atom. The molecule has 68 valence electrons. The standard InChI is InChI=1S/C7H13BO4/c1-7(3-10)4(2-9)12-6(8)5(7)11/h4-6,9-11H,2-3H2,1H3/t4?,5?,6-,7+/m0/s1. The van der Waals surface area contributed by atoms with Crippen molar-refractivity contribution in [2.24, 2.45) is 5.41 Å². The molecule has 1 rings (SSSR count). The summed E-state index contributed by atoms with van der Waals surface area (Å²) >= 11 is 0. The predicted octanol–water partition coefficient (Wildman–Crippen LogP) is -1.77. The van der Waals surface area contributed by atoms with Crippen LogP contribution in [0.1, 0.15) is 6.92 Å². The fourth-order valence-corrected chi connectivity index (χ4v) is 1.43. The van der Waals surface area contributed by atoms with E-state index in [4.69, 9.17) is 22.8 Å². The van der Waals surface area contributed by atoms with Crippen molar-refractivity contribution in [3.05, 3.63) is 0 Å². The molecular weight excluding hydrogens is 159 g/mol. The zero-order valence-corrected chi connectivity index (χ0v) is 6.97.